The predicted octanol–water partition coefficient (Wildman–Crippen LogP) is 4.05. The number of rotatable bonds is 8. The van der Waals surface area contributed by atoms with Crippen LogP contribution in [0.4, 0.5) is 32.6 Å². The Morgan fingerprint density at radius 2 is 1.85 bits per heavy atom. The third-order valence-corrected chi connectivity index (χ3v) is 7.75. The van der Waals surface area contributed by atoms with Gasteiger partial charge in [0.05, 0.1) is 12.1 Å². The van der Waals surface area contributed by atoms with Gasteiger partial charge in [-0.15, -0.1) is 0 Å². The molecule has 0 aromatic carbocycles. The van der Waals surface area contributed by atoms with Crippen LogP contribution < -0.4 is 16.0 Å². The highest BCUT2D eigenvalue weighted by Crippen LogP contribution is 2.38. The highest BCUT2D eigenvalue weighted by molar-refractivity contribution is 6.00. The molecule has 1 saturated carbocycles. The largest absolute Gasteiger partial charge is 0.410 e. The normalized spacial score (nSPS) is 20.4. The van der Waals surface area contributed by atoms with Gasteiger partial charge < -0.3 is 20.9 Å². The molecule has 0 bridgehead atoms. The molecule has 2 aromatic heterocycles. The number of hydrogen-bond donors (Lipinski definition) is 3. The Hall–Kier alpha value is -3.78. The molecule has 4 rings (SSSR count). The van der Waals surface area contributed by atoms with E-state index in [1.807, 2.05) is 5.32 Å². The summed E-state index contributed by atoms with van der Waals surface area (Å²) >= 11 is 0. The summed E-state index contributed by atoms with van der Waals surface area (Å²) < 4.78 is 68.9. The topological polar surface area (TPSA) is 121 Å². The second-order valence-corrected chi connectivity index (χ2v) is 10.8. The Morgan fingerprint density at radius 1 is 1.17 bits per heavy atom. The second kappa shape index (κ2) is 11.2. The molecule has 41 heavy (non-hydrogen) atoms. The Labute approximate surface area is 233 Å². The van der Waals surface area contributed by atoms with Crippen LogP contribution in [-0.4, -0.2) is 68.2 Å². The van der Waals surface area contributed by atoms with Gasteiger partial charge in [0.15, 0.2) is 0 Å². The first kappa shape index (κ1) is 30.2. The van der Waals surface area contributed by atoms with Gasteiger partial charge in [0.2, 0.25) is 11.8 Å². The molecule has 0 unspecified atom stereocenters. The standard InChI is InChI=1S/C26H32F5N7O3/c1-4-38-17(8-12-33-38)21(39)36-20(15-5-9-25(27,28)10-6-15)22(40)35-19-13-16(7-11-32-19)24(2,3)37-14-18(26(29,30)31)34-23(37)41/h7-8,11-13,15,18,20H,4-6,9-10,14H2,1-3H3,(H,34,41)(H,36,39)(H,32,35,40)/t18-,20+/m0/s1. The van der Waals surface area contributed by atoms with E-state index in [4.69, 9.17) is 0 Å². The van der Waals surface area contributed by atoms with Crippen LogP contribution in [0.15, 0.2) is 30.6 Å². The fourth-order valence-electron chi connectivity index (χ4n) is 5.23. The van der Waals surface area contributed by atoms with Crippen LogP contribution in [0.25, 0.3) is 0 Å². The third-order valence-electron chi connectivity index (χ3n) is 7.75. The number of halogens is 5. The number of anilines is 1. The minimum atomic E-state index is -4.62. The van der Waals surface area contributed by atoms with Crippen LogP contribution in [0.2, 0.25) is 0 Å². The van der Waals surface area contributed by atoms with Crippen LogP contribution in [0, 0.1) is 5.92 Å². The summed E-state index contributed by atoms with van der Waals surface area (Å²) in [5.41, 5.74) is -0.618. The Kier molecular flexibility index (Phi) is 8.28. The van der Waals surface area contributed by atoms with Crippen molar-refractivity contribution in [1.29, 1.82) is 0 Å². The van der Waals surface area contributed by atoms with Crippen molar-refractivity contribution in [2.75, 3.05) is 11.9 Å². The molecule has 224 valence electrons. The van der Waals surface area contributed by atoms with Gasteiger partial charge in [-0.25, -0.2) is 18.6 Å². The van der Waals surface area contributed by atoms with Crippen molar-refractivity contribution in [2.45, 2.75) is 82.7 Å². The Bertz CT molecular complexity index is 1290. The van der Waals surface area contributed by atoms with Crippen LogP contribution in [0.1, 0.15) is 62.5 Å². The van der Waals surface area contributed by atoms with Crippen molar-refractivity contribution in [1.82, 2.24) is 30.3 Å². The lowest BCUT2D eigenvalue weighted by atomic mass is 9.81. The zero-order chi connectivity index (χ0) is 30.2. The predicted molar refractivity (Wildman–Crippen MR) is 137 cm³/mol. The maximum Gasteiger partial charge on any atom is 0.410 e. The Balaban J connectivity index is 1.54. The first-order valence-electron chi connectivity index (χ1n) is 13.2. The van der Waals surface area contributed by atoms with Gasteiger partial charge in [0.25, 0.3) is 5.91 Å². The Morgan fingerprint density at radius 3 is 2.46 bits per heavy atom. The molecule has 1 saturated heterocycles. The number of aryl methyl sites for hydroxylation is 1. The average molecular weight is 586 g/mol. The molecule has 1 aliphatic heterocycles. The number of amides is 4. The molecule has 2 aromatic rings. The van der Waals surface area contributed by atoms with Crippen molar-refractivity contribution >= 4 is 23.7 Å². The van der Waals surface area contributed by atoms with Crippen LogP contribution in [0.5, 0.6) is 0 Å². The highest BCUT2D eigenvalue weighted by atomic mass is 19.4. The minimum Gasteiger partial charge on any atom is -0.339 e. The summed E-state index contributed by atoms with van der Waals surface area (Å²) in [7, 11) is 0. The van der Waals surface area contributed by atoms with E-state index in [0.717, 1.165) is 4.90 Å². The second-order valence-electron chi connectivity index (χ2n) is 10.8. The van der Waals surface area contributed by atoms with E-state index < -0.39 is 72.9 Å². The smallest absolute Gasteiger partial charge is 0.339 e. The number of carbonyl (C=O) groups is 3. The summed E-state index contributed by atoms with van der Waals surface area (Å²) in [4.78, 5) is 44.1. The first-order chi connectivity index (χ1) is 19.1. The van der Waals surface area contributed by atoms with E-state index in [1.54, 1.807) is 20.8 Å². The first-order valence-corrected chi connectivity index (χ1v) is 13.2. The van der Waals surface area contributed by atoms with E-state index in [0.29, 0.717) is 12.1 Å². The monoisotopic (exact) mass is 585 g/mol. The van der Waals surface area contributed by atoms with Gasteiger partial charge in [0, 0.05) is 31.8 Å². The van der Waals surface area contributed by atoms with E-state index in [1.165, 1.54) is 35.3 Å². The summed E-state index contributed by atoms with van der Waals surface area (Å²) in [6.45, 7) is 4.71. The van der Waals surface area contributed by atoms with Gasteiger partial charge in [-0.1, -0.05) is 0 Å². The van der Waals surface area contributed by atoms with E-state index in [2.05, 4.69) is 20.7 Å². The molecule has 1 aliphatic carbocycles. The molecule has 3 heterocycles. The number of nitrogens with one attached hydrogen (secondary N) is 3. The molecule has 4 amide bonds. The molecule has 15 heteroatoms. The van der Waals surface area contributed by atoms with Gasteiger partial charge in [0.1, 0.15) is 23.6 Å². The SMILES string of the molecule is CCn1nccc1C(=O)N[C@@H](C(=O)Nc1cc(C(C)(C)N2C[C@@H](C(F)(F)F)NC2=O)ccn1)C1CCC(F)(F)CC1. The van der Waals surface area contributed by atoms with Gasteiger partial charge in [-0.05, 0) is 63.3 Å². The summed E-state index contributed by atoms with van der Waals surface area (Å²) in [6.07, 6.45) is -2.70. The molecule has 2 atom stereocenters. The highest BCUT2D eigenvalue weighted by Gasteiger charge is 2.50. The van der Waals surface area contributed by atoms with Crippen LogP contribution >= 0.6 is 0 Å². The molecule has 10 nitrogen and oxygen atoms in total. The lowest BCUT2D eigenvalue weighted by Gasteiger charge is -2.35. The summed E-state index contributed by atoms with van der Waals surface area (Å²) in [5.74, 6) is -4.69. The molecule has 2 aliphatic rings. The number of nitrogens with zero attached hydrogens (tertiary/aromatic N) is 4. The third kappa shape index (κ3) is 6.59. The van der Waals surface area contributed by atoms with Crippen molar-refractivity contribution in [3.63, 3.8) is 0 Å². The van der Waals surface area contributed by atoms with Gasteiger partial charge in [-0.2, -0.15) is 18.3 Å². The summed E-state index contributed by atoms with van der Waals surface area (Å²) in [5, 5.41) is 11.3. The number of urea groups is 1. The maximum atomic E-state index is 13.9. The summed E-state index contributed by atoms with van der Waals surface area (Å²) in [6, 6.07) is 0.335. The fourth-order valence-corrected chi connectivity index (χ4v) is 5.23. The number of hydrogen-bond acceptors (Lipinski definition) is 5. The zero-order valence-corrected chi connectivity index (χ0v) is 22.8. The lowest BCUT2D eigenvalue weighted by Crippen LogP contribution is -2.50. The number of pyridine rings is 1. The molecule has 0 radical (unpaired) electrons. The zero-order valence-electron chi connectivity index (χ0n) is 22.8. The van der Waals surface area contributed by atoms with Gasteiger partial charge in [-0.3, -0.25) is 14.3 Å². The molecule has 3 N–H and O–H groups in total. The number of aromatic nitrogens is 3. The van der Waals surface area contributed by atoms with Crippen molar-refractivity contribution in [3.05, 3.63) is 41.9 Å². The lowest BCUT2D eigenvalue weighted by molar-refractivity contribution is -0.150. The molecular weight excluding hydrogens is 553 g/mol. The molecular formula is C26H32F5N7O3. The van der Waals surface area contributed by atoms with E-state index in [-0.39, 0.29) is 24.4 Å². The average Bonchev–Trinajstić information content (AvgIpc) is 3.54. The number of carbonyl (C=O) groups excluding carboxylic acids is 3. The fraction of sp³-hybridized carbons (Fsp3) is 0.577. The van der Waals surface area contributed by atoms with E-state index in [9.17, 15) is 36.3 Å². The van der Waals surface area contributed by atoms with Crippen molar-refractivity contribution in [3.8, 4) is 0 Å². The maximum absolute atomic E-state index is 13.9. The van der Waals surface area contributed by atoms with Crippen molar-refractivity contribution < 1.29 is 36.3 Å². The quantitative estimate of drug-likeness (QED) is 0.404. The van der Waals surface area contributed by atoms with Crippen molar-refractivity contribution in [2.24, 2.45) is 5.92 Å². The van der Waals surface area contributed by atoms with Crippen LogP contribution in [-0.2, 0) is 16.9 Å². The van der Waals surface area contributed by atoms with Gasteiger partial charge >= 0.3 is 12.2 Å². The minimum absolute atomic E-state index is 0.00332. The number of alkyl halides is 5. The molecule has 0 spiro atoms. The van der Waals surface area contributed by atoms with E-state index >= 15 is 0 Å². The van der Waals surface area contributed by atoms with Crippen LogP contribution in [0.3, 0.4) is 0 Å². The molecule has 2 fully saturated rings.